The van der Waals surface area contributed by atoms with E-state index in [1.807, 2.05) is 6.92 Å². The minimum absolute atomic E-state index is 0.00607. The van der Waals surface area contributed by atoms with Crippen molar-refractivity contribution in [1.29, 1.82) is 0 Å². The monoisotopic (exact) mass is 559 g/mol. The van der Waals surface area contributed by atoms with Crippen LogP contribution in [0.5, 0.6) is 0 Å². The zero-order chi connectivity index (χ0) is 28.0. The second kappa shape index (κ2) is 12.4. The summed E-state index contributed by atoms with van der Waals surface area (Å²) in [6, 6.07) is 16.9. The number of hydrogen-bond donors (Lipinski definition) is 1. The minimum atomic E-state index is -4.18. The third kappa shape index (κ3) is 7.33. The largest absolute Gasteiger partial charge is 0.352 e. The van der Waals surface area contributed by atoms with Crippen molar-refractivity contribution in [3.63, 3.8) is 0 Å². The molecule has 0 aliphatic rings. The van der Waals surface area contributed by atoms with Crippen LogP contribution in [-0.4, -0.2) is 43.8 Å². The summed E-state index contributed by atoms with van der Waals surface area (Å²) in [6.07, 6.45) is 0. The molecule has 0 unspecified atom stereocenters. The van der Waals surface area contributed by atoms with Crippen LogP contribution in [0.25, 0.3) is 0 Å². The van der Waals surface area contributed by atoms with Gasteiger partial charge in [0.15, 0.2) is 0 Å². The first-order valence-electron chi connectivity index (χ1n) is 12.1. The molecule has 0 saturated carbocycles. The van der Waals surface area contributed by atoms with Crippen molar-refractivity contribution in [3.8, 4) is 0 Å². The topological polar surface area (TPSA) is 86.8 Å². The predicted molar refractivity (Wildman–Crippen MR) is 147 cm³/mol. The number of aryl methyl sites for hydroxylation is 1. The standard InChI is InChI=1S/C28H31ClFN3O4S/c1-19(2)31-28(35)21(4)32(17-22-10-12-24(30)13-11-22)27(34)18-33(25-7-5-6-23(29)16-25)38(36,37)26-14-8-20(3)9-15-26/h5-16,19,21H,17-18H2,1-4H3,(H,31,35)/t21-/m0/s1. The highest BCUT2D eigenvalue weighted by atomic mass is 35.5. The molecule has 0 aliphatic heterocycles. The van der Waals surface area contributed by atoms with E-state index in [1.165, 1.54) is 47.4 Å². The highest BCUT2D eigenvalue weighted by molar-refractivity contribution is 7.92. The SMILES string of the molecule is Cc1ccc(S(=O)(=O)N(CC(=O)N(Cc2ccc(F)cc2)[C@@H](C)C(=O)NC(C)C)c2cccc(Cl)c2)cc1. The number of anilines is 1. The normalized spacial score (nSPS) is 12.2. The number of nitrogens with zero attached hydrogens (tertiary/aromatic N) is 2. The van der Waals surface area contributed by atoms with Crippen LogP contribution in [0.1, 0.15) is 31.9 Å². The summed E-state index contributed by atoms with van der Waals surface area (Å²) < 4.78 is 42.0. The molecule has 0 bridgehead atoms. The van der Waals surface area contributed by atoms with Crippen LogP contribution in [-0.2, 0) is 26.2 Å². The third-order valence-electron chi connectivity index (χ3n) is 5.85. The van der Waals surface area contributed by atoms with Crippen molar-refractivity contribution in [2.75, 3.05) is 10.8 Å². The predicted octanol–water partition coefficient (Wildman–Crippen LogP) is 4.92. The summed E-state index contributed by atoms with van der Waals surface area (Å²) >= 11 is 6.17. The lowest BCUT2D eigenvalue weighted by Crippen LogP contribution is -2.52. The number of hydrogen-bond acceptors (Lipinski definition) is 4. The first-order valence-corrected chi connectivity index (χ1v) is 13.9. The molecule has 1 atom stereocenters. The molecule has 0 radical (unpaired) electrons. The Bertz CT molecular complexity index is 1380. The van der Waals surface area contributed by atoms with Gasteiger partial charge in [-0.3, -0.25) is 13.9 Å². The molecule has 202 valence electrons. The van der Waals surface area contributed by atoms with Crippen LogP contribution in [0.15, 0.2) is 77.7 Å². The quantitative estimate of drug-likeness (QED) is 0.382. The molecule has 7 nitrogen and oxygen atoms in total. The van der Waals surface area contributed by atoms with Crippen LogP contribution in [0.4, 0.5) is 10.1 Å². The molecule has 2 amide bonds. The summed E-state index contributed by atoms with van der Waals surface area (Å²) in [4.78, 5) is 28.0. The smallest absolute Gasteiger partial charge is 0.264 e. The van der Waals surface area contributed by atoms with E-state index in [0.29, 0.717) is 10.6 Å². The molecule has 10 heteroatoms. The van der Waals surface area contributed by atoms with Crippen molar-refractivity contribution in [3.05, 3.63) is 94.8 Å². The van der Waals surface area contributed by atoms with Gasteiger partial charge in [0.2, 0.25) is 11.8 Å². The molecule has 0 spiro atoms. The maximum absolute atomic E-state index is 13.8. The van der Waals surface area contributed by atoms with Crippen molar-refractivity contribution < 1.29 is 22.4 Å². The Morgan fingerprint density at radius 1 is 0.974 bits per heavy atom. The van der Waals surface area contributed by atoms with Crippen LogP contribution < -0.4 is 9.62 Å². The number of sulfonamides is 1. The number of benzene rings is 3. The number of nitrogens with one attached hydrogen (secondary N) is 1. The van der Waals surface area contributed by atoms with Crippen molar-refractivity contribution in [2.24, 2.45) is 0 Å². The summed E-state index contributed by atoms with van der Waals surface area (Å²) in [5.41, 5.74) is 1.66. The molecule has 0 fully saturated rings. The van der Waals surface area contributed by atoms with Gasteiger partial charge in [0.1, 0.15) is 18.4 Å². The Labute approximate surface area is 228 Å². The van der Waals surface area contributed by atoms with Gasteiger partial charge in [-0.05, 0) is 75.7 Å². The number of amides is 2. The van der Waals surface area contributed by atoms with E-state index in [-0.39, 0.29) is 23.2 Å². The Balaban J connectivity index is 2.03. The molecule has 38 heavy (non-hydrogen) atoms. The maximum atomic E-state index is 13.8. The highest BCUT2D eigenvalue weighted by Gasteiger charge is 2.32. The molecule has 0 heterocycles. The van der Waals surface area contributed by atoms with E-state index in [0.717, 1.165) is 9.87 Å². The first kappa shape index (κ1) is 29.1. The molecule has 0 aromatic heterocycles. The molecule has 0 saturated heterocycles. The molecule has 0 aliphatic carbocycles. The molecular weight excluding hydrogens is 529 g/mol. The second-order valence-electron chi connectivity index (χ2n) is 9.29. The molecule has 3 aromatic rings. The van der Waals surface area contributed by atoms with E-state index in [1.54, 1.807) is 51.1 Å². The van der Waals surface area contributed by atoms with Gasteiger partial charge in [-0.1, -0.05) is 47.5 Å². The Morgan fingerprint density at radius 2 is 1.61 bits per heavy atom. The van der Waals surface area contributed by atoms with E-state index >= 15 is 0 Å². The Morgan fingerprint density at radius 3 is 2.18 bits per heavy atom. The zero-order valence-corrected chi connectivity index (χ0v) is 23.3. The summed E-state index contributed by atoms with van der Waals surface area (Å²) in [6.45, 7) is 6.39. The number of carbonyl (C=O) groups is 2. The summed E-state index contributed by atoms with van der Waals surface area (Å²) in [5.74, 6) is -1.45. The molecule has 1 N–H and O–H groups in total. The van der Waals surface area contributed by atoms with Crippen molar-refractivity contribution in [1.82, 2.24) is 10.2 Å². The Kier molecular flexibility index (Phi) is 9.51. The average Bonchev–Trinajstić information content (AvgIpc) is 2.86. The van der Waals surface area contributed by atoms with Crippen LogP contribution in [0, 0.1) is 12.7 Å². The number of halogens is 2. The van der Waals surface area contributed by atoms with Gasteiger partial charge in [0, 0.05) is 17.6 Å². The van der Waals surface area contributed by atoms with Gasteiger partial charge in [-0.2, -0.15) is 0 Å². The Hall–Kier alpha value is -3.43. The summed E-state index contributed by atoms with van der Waals surface area (Å²) in [7, 11) is -4.18. The van der Waals surface area contributed by atoms with Crippen LogP contribution in [0.3, 0.4) is 0 Å². The lowest BCUT2D eigenvalue weighted by Gasteiger charge is -2.32. The van der Waals surface area contributed by atoms with Gasteiger partial charge in [-0.15, -0.1) is 0 Å². The fraction of sp³-hybridized carbons (Fsp3) is 0.286. The molecule has 3 aromatic carbocycles. The van der Waals surface area contributed by atoms with E-state index in [9.17, 15) is 22.4 Å². The second-order valence-corrected chi connectivity index (χ2v) is 11.6. The third-order valence-corrected chi connectivity index (χ3v) is 7.87. The zero-order valence-electron chi connectivity index (χ0n) is 21.7. The van der Waals surface area contributed by atoms with E-state index in [2.05, 4.69) is 5.32 Å². The minimum Gasteiger partial charge on any atom is -0.352 e. The highest BCUT2D eigenvalue weighted by Crippen LogP contribution is 2.27. The fourth-order valence-electron chi connectivity index (χ4n) is 3.77. The maximum Gasteiger partial charge on any atom is 0.264 e. The van der Waals surface area contributed by atoms with Gasteiger partial charge in [-0.25, -0.2) is 12.8 Å². The number of rotatable bonds is 10. The van der Waals surface area contributed by atoms with Gasteiger partial charge < -0.3 is 10.2 Å². The number of carbonyl (C=O) groups excluding carboxylic acids is 2. The first-order chi connectivity index (χ1) is 17.9. The van der Waals surface area contributed by atoms with Gasteiger partial charge in [0.25, 0.3) is 10.0 Å². The van der Waals surface area contributed by atoms with E-state index < -0.39 is 40.2 Å². The van der Waals surface area contributed by atoms with Crippen molar-refractivity contribution in [2.45, 2.75) is 51.2 Å². The molecular formula is C28H31ClFN3O4S. The van der Waals surface area contributed by atoms with Gasteiger partial charge in [0.05, 0.1) is 10.6 Å². The lowest BCUT2D eigenvalue weighted by molar-refractivity contribution is -0.139. The average molecular weight is 560 g/mol. The van der Waals surface area contributed by atoms with Crippen LogP contribution >= 0.6 is 11.6 Å². The van der Waals surface area contributed by atoms with Crippen molar-refractivity contribution >= 4 is 39.1 Å². The fourth-order valence-corrected chi connectivity index (χ4v) is 5.36. The van der Waals surface area contributed by atoms with Gasteiger partial charge >= 0.3 is 0 Å². The summed E-state index contributed by atoms with van der Waals surface area (Å²) in [5, 5.41) is 3.08. The van der Waals surface area contributed by atoms with Crippen LogP contribution in [0.2, 0.25) is 5.02 Å². The molecule has 3 rings (SSSR count). The van der Waals surface area contributed by atoms with E-state index in [4.69, 9.17) is 11.6 Å². The lowest BCUT2D eigenvalue weighted by atomic mass is 10.1.